The summed E-state index contributed by atoms with van der Waals surface area (Å²) in [4.78, 5) is 66.4. The van der Waals surface area contributed by atoms with Crippen molar-refractivity contribution in [1.29, 1.82) is 0 Å². The minimum atomic E-state index is -1.64. The van der Waals surface area contributed by atoms with Crippen LogP contribution >= 0.6 is 0 Å². The normalized spacial score (nSPS) is 23.4. The van der Waals surface area contributed by atoms with E-state index in [0.717, 1.165) is 18.4 Å². The molecule has 204 valence electrons. The zero-order valence-corrected chi connectivity index (χ0v) is 21.8. The number of hydrogen-bond donors (Lipinski definition) is 3. The highest BCUT2D eigenvalue weighted by Gasteiger charge is 2.48. The van der Waals surface area contributed by atoms with E-state index in [-0.39, 0.29) is 36.9 Å². The van der Waals surface area contributed by atoms with Crippen LogP contribution in [0.25, 0.3) is 0 Å². The number of rotatable bonds is 6. The molecule has 3 aliphatic heterocycles. The van der Waals surface area contributed by atoms with Crippen molar-refractivity contribution in [3.8, 4) is 17.6 Å². The number of benzene rings is 2. The number of fused-ring (bicyclic) bond motifs is 1. The molecule has 0 spiro atoms. The molecule has 1 aliphatic carbocycles. The van der Waals surface area contributed by atoms with Crippen molar-refractivity contribution in [2.75, 3.05) is 18.6 Å². The van der Waals surface area contributed by atoms with E-state index in [9.17, 15) is 24.0 Å². The van der Waals surface area contributed by atoms with Gasteiger partial charge in [0.2, 0.25) is 17.4 Å². The Labute approximate surface area is 230 Å². The van der Waals surface area contributed by atoms with Crippen LogP contribution in [0.5, 0.6) is 5.75 Å². The van der Waals surface area contributed by atoms with Crippen LogP contribution in [-0.4, -0.2) is 65.8 Å². The molecule has 0 aromatic heterocycles. The van der Waals surface area contributed by atoms with Gasteiger partial charge in [-0.05, 0) is 61.2 Å². The van der Waals surface area contributed by atoms with Crippen molar-refractivity contribution >= 4 is 35.3 Å². The van der Waals surface area contributed by atoms with Gasteiger partial charge in [0.25, 0.3) is 11.8 Å². The van der Waals surface area contributed by atoms with E-state index in [4.69, 9.17) is 4.74 Å². The highest BCUT2D eigenvalue weighted by atomic mass is 16.5. The van der Waals surface area contributed by atoms with E-state index in [1.807, 2.05) is 0 Å². The van der Waals surface area contributed by atoms with Crippen LogP contribution in [-0.2, 0) is 20.9 Å². The van der Waals surface area contributed by atoms with E-state index < -0.39 is 23.5 Å². The van der Waals surface area contributed by atoms with Gasteiger partial charge in [-0.25, -0.2) is 4.79 Å². The van der Waals surface area contributed by atoms with Crippen LogP contribution in [0.2, 0.25) is 0 Å². The molecule has 0 radical (unpaired) electrons. The summed E-state index contributed by atoms with van der Waals surface area (Å²) in [6, 6.07) is 11.0. The quantitative estimate of drug-likeness (QED) is 0.370. The summed E-state index contributed by atoms with van der Waals surface area (Å²) in [6.07, 6.45) is 2.69. The summed E-state index contributed by atoms with van der Waals surface area (Å²) in [7, 11) is 1.52. The van der Waals surface area contributed by atoms with Crippen molar-refractivity contribution in [1.82, 2.24) is 20.9 Å². The molecule has 2 unspecified atom stereocenters. The predicted molar refractivity (Wildman–Crippen MR) is 142 cm³/mol. The fourth-order valence-corrected chi connectivity index (χ4v) is 5.28. The zero-order chi connectivity index (χ0) is 28.0. The smallest absolute Gasteiger partial charge is 0.323 e. The number of carbonyl (C=O) groups is 5. The summed E-state index contributed by atoms with van der Waals surface area (Å²) in [6.45, 7) is 0.115. The number of amides is 6. The number of methoxy groups -OCH3 is 1. The molecule has 0 bridgehead atoms. The Morgan fingerprint density at radius 3 is 2.55 bits per heavy atom. The minimum absolute atomic E-state index is 0.118. The molecule has 11 heteroatoms. The van der Waals surface area contributed by atoms with Crippen LogP contribution < -0.4 is 25.6 Å². The van der Waals surface area contributed by atoms with E-state index in [2.05, 4.69) is 27.8 Å². The first-order chi connectivity index (χ1) is 19.3. The van der Waals surface area contributed by atoms with E-state index in [1.54, 1.807) is 42.5 Å². The number of urea groups is 1. The molecule has 6 amide bonds. The van der Waals surface area contributed by atoms with E-state index >= 15 is 0 Å². The SMILES string of the molecule is COc1ccc2c(c1)C(=O)N(CC1(C#Cc3ccc(N4C(=O)CCC4C(=O)NC4CC4)cc3)NC(=O)NC1=O)C2. The number of nitrogens with one attached hydrogen (secondary N) is 3. The van der Waals surface area contributed by atoms with Gasteiger partial charge in [0.15, 0.2) is 0 Å². The Kier molecular flexibility index (Phi) is 6.18. The number of hydrogen-bond acceptors (Lipinski definition) is 6. The Bertz CT molecular complexity index is 1500. The average Bonchev–Trinajstić information content (AvgIpc) is 3.50. The van der Waals surface area contributed by atoms with E-state index in [1.165, 1.54) is 16.9 Å². The van der Waals surface area contributed by atoms with E-state index in [0.29, 0.717) is 35.4 Å². The monoisotopic (exact) mass is 541 g/mol. The average molecular weight is 542 g/mol. The number of ether oxygens (including phenoxy) is 1. The van der Waals surface area contributed by atoms with Crippen molar-refractivity contribution in [3.63, 3.8) is 0 Å². The highest BCUT2D eigenvalue weighted by Crippen LogP contribution is 2.30. The maximum absolute atomic E-state index is 13.1. The van der Waals surface area contributed by atoms with Gasteiger partial charge in [0.05, 0.1) is 13.7 Å². The first-order valence-electron chi connectivity index (χ1n) is 13.1. The Balaban J connectivity index is 1.22. The first kappa shape index (κ1) is 25.4. The molecule has 4 aliphatic rings. The van der Waals surface area contributed by atoms with Crippen LogP contribution in [0.3, 0.4) is 0 Å². The molecule has 3 fully saturated rings. The molecular weight excluding hydrogens is 514 g/mol. The van der Waals surface area contributed by atoms with Gasteiger partial charge >= 0.3 is 6.03 Å². The van der Waals surface area contributed by atoms with Crippen molar-refractivity contribution in [2.24, 2.45) is 0 Å². The largest absolute Gasteiger partial charge is 0.497 e. The standard InChI is InChI=1S/C29H27N5O6/c1-40-21-9-4-18-15-33(26(37)22(18)14-21)16-29(27(38)31-28(39)32-29)13-12-17-2-7-20(8-3-17)34-23(10-11-24(34)35)25(36)30-19-5-6-19/h2-4,7-9,14,19,23H,5-6,10-11,15-16H2,1H3,(H,30,36)(H2,31,32,38,39). The van der Waals surface area contributed by atoms with Gasteiger partial charge in [-0.15, -0.1) is 0 Å². The lowest BCUT2D eigenvalue weighted by atomic mass is 9.99. The van der Waals surface area contributed by atoms with Crippen molar-refractivity contribution in [2.45, 2.75) is 49.9 Å². The maximum Gasteiger partial charge on any atom is 0.323 e. The number of nitrogens with zero attached hydrogens (tertiary/aromatic N) is 2. The molecule has 2 aromatic carbocycles. The van der Waals surface area contributed by atoms with Gasteiger partial charge in [0, 0.05) is 35.8 Å². The molecule has 3 heterocycles. The highest BCUT2D eigenvalue weighted by molar-refractivity contribution is 6.10. The number of carbonyl (C=O) groups excluding carboxylic acids is 5. The second-order valence-corrected chi connectivity index (χ2v) is 10.4. The third kappa shape index (κ3) is 4.62. The van der Waals surface area contributed by atoms with Gasteiger partial charge in [0.1, 0.15) is 11.8 Å². The van der Waals surface area contributed by atoms with Crippen LogP contribution in [0.4, 0.5) is 10.5 Å². The van der Waals surface area contributed by atoms with Crippen LogP contribution in [0.15, 0.2) is 42.5 Å². The lowest BCUT2D eigenvalue weighted by Gasteiger charge is -2.26. The molecule has 11 nitrogen and oxygen atoms in total. The fraction of sp³-hybridized carbons (Fsp3) is 0.345. The molecule has 6 rings (SSSR count). The maximum atomic E-state index is 13.1. The Hall–Kier alpha value is -4.85. The second-order valence-electron chi connectivity index (χ2n) is 10.4. The Morgan fingerprint density at radius 1 is 1.10 bits per heavy atom. The summed E-state index contributed by atoms with van der Waals surface area (Å²) >= 11 is 0. The predicted octanol–water partition coefficient (Wildman–Crippen LogP) is 1.05. The molecule has 3 N–H and O–H groups in total. The molecule has 1 saturated carbocycles. The third-order valence-corrected chi connectivity index (χ3v) is 7.57. The van der Waals surface area contributed by atoms with Crippen molar-refractivity contribution < 1.29 is 28.7 Å². The molecule has 2 atom stereocenters. The lowest BCUT2D eigenvalue weighted by Crippen LogP contribution is -2.54. The molecule has 40 heavy (non-hydrogen) atoms. The number of anilines is 1. The fourth-order valence-electron chi connectivity index (χ4n) is 5.28. The summed E-state index contributed by atoms with van der Waals surface area (Å²) in [5.41, 5.74) is 0.733. The molecule has 2 aromatic rings. The molecular formula is C29H27N5O6. The van der Waals surface area contributed by atoms with Crippen LogP contribution in [0, 0.1) is 11.8 Å². The summed E-state index contributed by atoms with van der Waals surface area (Å²) < 4.78 is 5.22. The Morgan fingerprint density at radius 2 is 1.88 bits per heavy atom. The van der Waals surface area contributed by atoms with Gasteiger partial charge < -0.3 is 20.3 Å². The van der Waals surface area contributed by atoms with Gasteiger partial charge in [-0.1, -0.05) is 17.9 Å². The minimum Gasteiger partial charge on any atom is -0.497 e. The zero-order valence-electron chi connectivity index (χ0n) is 21.8. The second kappa shape index (κ2) is 9.72. The summed E-state index contributed by atoms with van der Waals surface area (Å²) in [5.74, 6) is 5.18. The topological polar surface area (TPSA) is 137 Å². The van der Waals surface area contributed by atoms with Gasteiger partial charge in [-0.3, -0.25) is 29.4 Å². The first-order valence-corrected chi connectivity index (χ1v) is 13.1. The lowest BCUT2D eigenvalue weighted by molar-refractivity contribution is -0.124. The third-order valence-electron chi connectivity index (χ3n) is 7.57. The van der Waals surface area contributed by atoms with Crippen molar-refractivity contribution in [3.05, 3.63) is 59.2 Å². The van der Waals surface area contributed by atoms with Gasteiger partial charge in [-0.2, -0.15) is 0 Å². The number of imide groups is 1. The van der Waals surface area contributed by atoms with Crippen LogP contribution in [0.1, 0.15) is 47.2 Å². The summed E-state index contributed by atoms with van der Waals surface area (Å²) in [5, 5.41) is 7.79. The molecule has 2 saturated heterocycles.